The van der Waals surface area contributed by atoms with Crippen LogP contribution in [0.15, 0.2) is 0 Å². The predicted octanol–water partition coefficient (Wildman–Crippen LogP) is -1.02. The molecule has 0 aliphatic carbocycles. The van der Waals surface area contributed by atoms with Crippen molar-refractivity contribution >= 4 is 22.1 Å². The van der Waals surface area contributed by atoms with Crippen molar-refractivity contribution in [2.45, 2.75) is 31.7 Å². The van der Waals surface area contributed by atoms with Crippen LogP contribution in [-0.4, -0.2) is 57.9 Å². The number of nitrogens with one attached hydrogen (secondary N) is 2. The second-order valence-electron chi connectivity index (χ2n) is 4.61. The lowest BCUT2D eigenvalue weighted by molar-refractivity contribution is -0.140. The van der Waals surface area contributed by atoms with Gasteiger partial charge in [-0.15, -0.1) is 0 Å². The molecule has 8 nitrogen and oxygen atoms in total. The molecule has 9 heteroatoms. The highest BCUT2D eigenvalue weighted by atomic mass is 32.2. The standard InChI is InChI=1S/C11H21N3O5S/c1-14(8-6-10(15)19-2)20(17,18)13-9-5-3-4-7-12-11(9)16/h9,13H,3-8H2,1-2H3,(H,12,16). The maximum absolute atomic E-state index is 12.0. The van der Waals surface area contributed by atoms with E-state index in [4.69, 9.17) is 0 Å². The lowest BCUT2D eigenvalue weighted by Crippen LogP contribution is -2.50. The van der Waals surface area contributed by atoms with E-state index in [1.165, 1.54) is 14.2 Å². The fraction of sp³-hybridized carbons (Fsp3) is 0.818. The number of amides is 1. The fourth-order valence-corrected chi connectivity index (χ4v) is 2.89. The molecule has 0 spiro atoms. The Morgan fingerprint density at radius 3 is 2.85 bits per heavy atom. The van der Waals surface area contributed by atoms with Crippen molar-refractivity contribution in [2.24, 2.45) is 0 Å². The fourth-order valence-electron chi connectivity index (χ4n) is 1.79. The van der Waals surface area contributed by atoms with E-state index in [-0.39, 0.29) is 18.9 Å². The minimum atomic E-state index is -3.80. The molecule has 1 rings (SSSR count). The lowest BCUT2D eigenvalue weighted by Gasteiger charge is -2.21. The molecule has 0 aromatic carbocycles. The molecule has 1 atom stereocenters. The molecule has 1 unspecified atom stereocenters. The van der Waals surface area contributed by atoms with Gasteiger partial charge < -0.3 is 10.1 Å². The van der Waals surface area contributed by atoms with E-state index < -0.39 is 22.2 Å². The van der Waals surface area contributed by atoms with Crippen LogP contribution in [0.2, 0.25) is 0 Å². The number of carbonyl (C=O) groups is 2. The summed E-state index contributed by atoms with van der Waals surface area (Å²) >= 11 is 0. The molecule has 20 heavy (non-hydrogen) atoms. The van der Waals surface area contributed by atoms with Gasteiger partial charge in [-0.1, -0.05) is 0 Å². The summed E-state index contributed by atoms with van der Waals surface area (Å²) in [6.07, 6.45) is 2.04. The average molecular weight is 307 g/mol. The molecule has 0 bridgehead atoms. The number of carbonyl (C=O) groups excluding carboxylic acids is 2. The van der Waals surface area contributed by atoms with E-state index in [2.05, 4.69) is 14.8 Å². The smallest absolute Gasteiger partial charge is 0.306 e. The highest BCUT2D eigenvalue weighted by Gasteiger charge is 2.28. The van der Waals surface area contributed by atoms with E-state index in [1.54, 1.807) is 0 Å². The van der Waals surface area contributed by atoms with Gasteiger partial charge in [-0.3, -0.25) is 9.59 Å². The number of methoxy groups -OCH3 is 1. The van der Waals surface area contributed by atoms with Crippen molar-refractivity contribution in [3.63, 3.8) is 0 Å². The average Bonchev–Trinajstić information content (AvgIpc) is 2.60. The number of nitrogens with zero attached hydrogens (tertiary/aromatic N) is 1. The van der Waals surface area contributed by atoms with Gasteiger partial charge in [0.1, 0.15) is 6.04 Å². The Labute approximate surface area is 119 Å². The predicted molar refractivity (Wildman–Crippen MR) is 72.0 cm³/mol. The van der Waals surface area contributed by atoms with Gasteiger partial charge >= 0.3 is 5.97 Å². The van der Waals surface area contributed by atoms with Crippen molar-refractivity contribution in [1.29, 1.82) is 0 Å². The summed E-state index contributed by atoms with van der Waals surface area (Å²) in [5, 5.41) is 2.66. The van der Waals surface area contributed by atoms with Crippen LogP contribution in [0, 0.1) is 0 Å². The molecular weight excluding hydrogens is 286 g/mol. The molecule has 1 amide bonds. The Kier molecular flexibility index (Phi) is 6.37. The number of hydrogen-bond donors (Lipinski definition) is 2. The molecule has 1 aliphatic heterocycles. The van der Waals surface area contributed by atoms with Gasteiger partial charge in [0.25, 0.3) is 10.2 Å². The lowest BCUT2D eigenvalue weighted by atomic mass is 10.1. The van der Waals surface area contributed by atoms with Gasteiger partial charge in [0.2, 0.25) is 5.91 Å². The molecular formula is C11H21N3O5S. The second kappa shape index (κ2) is 7.55. The third-order valence-corrected chi connectivity index (χ3v) is 4.68. The third kappa shape index (κ3) is 5.06. The van der Waals surface area contributed by atoms with Gasteiger partial charge in [-0.05, 0) is 19.3 Å². The monoisotopic (exact) mass is 307 g/mol. The number of esters is 1. The first-order valence-electron chi connectivity index (χ1n) is 6.45. The van der Waals surface area contributed by atoms with Crippen molar-refractivity contribution in [2.75, 3.05) is 27.2 Å². The Balaban J connectivity index is 2.58. The zero-order chi connectivity index (χ0) is 15.2. The highest BCUT2D eigenvalue weighted by Crippen LogP contribution is 2.08. The van der Waals surface area contributed by atoms with Crippen LogP contribution in [0.3, 0.4) is 0 Å². The first-order chi connectivity index (χ1) is 9.36. The highest BCUT2D eigenvalue weighted by molar-refractivity contribution is 7.87. The van der Waals surface area contributed by atoms with Crippen molar-refractivity contribution in [3.05, 3.63) is 0 Å². The molecule has 1 heterocycles. The molecule has 0 radical (unpaired) electrons. The first-order valence-corrected chi connectivity index (χ1v) is 7.89. The summed E-state index contributed by atoms with van der Waals surface area (Å²) in [6.45, 7) is 0.561. The first kappa shape index (κ1) is 16.9. The molecule has 0 aromatic heterocycles. The normalized spacial score (nSPS) is 20.4. The van der Waals surface area contributed by atoms with Gasteiger partial charge in [0.15, 0.2) is 0 Å². The van der Waals surface area contributed by atoms with E-state index in [1.807, 2.05) is 0 Å². The summed E-state index contributed by atoms with van der Waals surface area (Å²) in [5.41, 5.74) is 0. The van der Waals surface area contributed by atoms with Gasteiger partial charge in [-0.25, -0.2) is 0 Å². The zero-order valence-electron chi connectivity index (χ0n) is 11.7. The molecule has 1 fully saturated rings. The largest absolute Gasteiger partial charge is 0.469 e. The van der Waals surface area contributed by atoms with Crippen LogP contribution in [0.4, 0.5) is 0 Å². The number of ether oxygens (including phenoxy) is 1. The Hall–Kier alpha value is -1.19. The Morgan fingerprint density at radius 1 is 1.50 bits per heavy atom. The van der Waals surface area contributed by atoms with Gasteiger partial charge in [0, 0.05) is 20.1 Å². The molecule has 1 saturated heterocycles. The minimum Gasteiger partial charge on any atom is -0.469 e. The van der Waals surface area contributed by atoms with Crippen LogP contribution >= 0.6 is 0 Å². The van der Waals surface area contributed by atoms with Crippen molar-refractivity contribution in [3.8, 4) is 0 Å². The maximum Gasteiger partial charge on any atom is 0.306 e. The summed E-state index contributed by atoms with van der Waals surface area (Å²) in [4.78, 5) is 22.7. The van der Waals surface area contributed by atoms with E-state index in [9.17, 15) is 18.0 Å². The SMILES string of the molecule is COC(=O)CCN(C)S(=O)(=O)NC1CCCCNC1=O. The van der Waals surface area contributed by atoms with Gasteiger partial charge in [0.05, 0.1) is 13.5 Å². The van der Waals surface area contributed by atoms with E-state index in [0.717, 1.165) is 17.1 Å². The van der Waals surface area contributed by atoms with Crippen molar-refractivity contribution < 1.29 is 22.7 Å². The topological polar surface area (TPSA) is 105 Å². The van der Waals surface area contributed by atoms with Gasteiger partial charge in [-0.2, -0.15) is 17.4 Å². The van der Waals surface area contributed by atoms with Crippen LogP contribution in [-0.2, 0) is 24.5 Å². The summed E-state index contributed by atoms with van der Waals surface area (Å²) in [7, 11) is -1.21. The Morgan fingerprint density at radius 2 is 2.20 bits per heavy atom. The number of hydrogen-bond acceptors (Lipinski definition) is 5. The van der Waals surface area contributed by atoms with E-state index >= 15 is 0 Å². The van der Waals surface area contributed by atoms with Crippen LogP contribution in [0.25, 0.3) is 0 Å². The Bertz CT molecular complexity index is 451. The molecule has 0 aromatic rings. The second-order valence-corrected chi connectivity index (χ2v) is 6.42. The van der Waals surface area contributed by atoms with E-state index in [0.29, 0.717) is 13.0 Å². The number of rotatable bonds is 6. The molecule has 2 N–H and O–H groups in total. The maximum atomic E-state index is 12.0. The summed E-state index contributed by atoms with van der Waals surface area (Å²) < 4.78 is 31.9. The minimum absolute atomic E-state index is 0.00363. The van der Waals surface area contributed by atoms with Crippen molar-refractivity contribution in [1.82, 2.24) is 14.3 Å². The molecule has 116 valence electrons. The molecule has 0 saturated carbocycles. The van der Waals surface area contributed by atoms with Crippen LogP contribution in [0.1, 0.15) is 25.7 Å². The zero-order valence-corrected chi connectivity index (χ0v) is 12.5. The quantitative estimate of drug-likeness (QED) is 0.611. The van der Waals surface area contributed by atoms with Crippen LogP contribution in [0.5, 0.6) is 0 Å². The third-order valence-electron chi connectivity index (χ3n) is 3.10. The molecule has 1 aliphatic rings. The summed E-state index contributed by atoms with van der Waals surface area (Å²) in [5.74, 6) is -0.799. The summed E-state index contributed by atoms with van der Waals surface area (Å²) in [6, 6.07) is -0.761. The van der Waals surface area contributed by atoms with Crippen LogP contribution < -0.4 is 10.0 Å².